The highest BCUT2D eigenvalue weighted by molar-refractivity contribution is 7.99. The first-order valence-corrected chi connectivity index (χ1v) is 6.34. The molecule has 0 amide bonds. The standard InChI is InChI=1S/C11H13ClF2S/c1-8(5-6-12)15-7-9-3-2-4-10(13)11(9)14/h2-4,8H,5-7H2,1H3. The molecule has 4 heteroatoms. The van der Waals surface area contributed by atoms with Crippen molar-refractivity contribution in [1.29, 1.82) is 0 Å². The monoisotopic (exact) mass is 250 g/mol. The average Bonchev–Trinajstić information content (AvgIpc) is 2.21. The Labute approximate surface area is 98.0 Å². The number of benzene rings is 1. The molecule has 0 nitrogen and oxygen atoms in total. The van der Waals surface area contributed by atoms with Gasteiger partial charge < -0.3 is 0 Å². The van der Waals surface area contributed by atoms with E-state index in [1.54, 1.807) is 17.8 Å². The lowest BCUT2D eigenvalue weighted by Gasteiger charge is -2.09. The number of rotatable bonds is 5. The van der Waals surface area contributed by atoms with Crippen molar-refractivity contribution in [3.63, 3.8) is 0 Å². The number of hydrogen-bond acceptors (Lipinski definition) is 1. The van der Waals surface area contributed by atoms with Crippen LogP contribution in [0, 0.1) is 11.6 Å². The Balaban J connectivity index is 2.54. The van der Waals surface area contributed by atoms with Crippen LogP contribution in [0.1, 0.15) is 18.9 Å². The zero-order valence-electron chi connectivity index (χ0n) is 8.47. The molecule has 0 heterocycles. The first kappa shape index (κ1) is 12.8. The lowest BCUT2D eigenvalue weighted by molar-refractivity contribution is 0.502. The van der Waals surface area contributed by atoms with E-state index < -0.39 is 11.6 Å². The Morgan fingerprint density at radius 2 is 2.13 bits per heavy atom. The molecule has 0 saturated carbocycles. The van der Waals surface area contributed by atoms with Gasteiger partial charge in [-0.25, -0.2) is 8.78 Å². The van der Waals surface area contributed by atoms with Crippen LogP contribution in [0.2, 0.25) is 0 Å². The van der Waals surface area contributed by atoms with Gasteiger partial charge in [0.05, 0.1) is 0 Å². The lowest BCUT2D eigenvalue weighted by atomic mass is 10.2. The Bertz CT molecular complexity index is 317. The summed E-state index contributed by atoms with van der Waals surface area (Å²) in [6.45, 7) is 2.03. The van der Waals surface area contributed by atoms with E-state index in [-0.39, 0.29) is 0 Å². The molecule has 15 heavy (non-hydrogen) atoms. The molecule has 0 N–H and O–H groups in total. The molecule has 84 valence electrons. The Kier molecular flexibility index (Phi) is 5.40. The van der Waals surface area contributed by atoms with Gasteiger partial charge in [0.25, 0.3) is 0 Å². The number of alkyl halides is 1. The van der Waals surface area contributed by atoms with E-state index in [9.17, 15) is 8.78 Å². The molecular weight excluding hydrogens is 238 g/mol. The minimum Gasteiger partial charge on any atom is -0.204 e. The number of thioether (sulfide) groups is 1. The molecule has 1 rings (SSSR count). The molecule has 0 aliphatic carbocycles. The third-order valence-electron chi connectivity index (χ3n) is 2.07. The van der Waals surface area contributed by atoms with Crippen LogP contribution in [-0.2, 0) is 5.75 Å². The zero-order valence-corrected chi connectivity index (χ0v) is 10.0. The molecule has 1 aromatic rings. The molecule has 0 aliphatic heterocycles. The minimum absolute atomic E-state index is 0.366. The van der Waals surface area contributed by atoms with Crippen LogP contribution in [0.4, 0.5) is 8.78 Å². The molecule has 0 radical (unpaired) electrons. The van der Waals surface area contributed by atoms with Gasteiger partial charge in [0, 0.05) is 22.4 Å². The molecule has 0 bridgehead atoms. The average molecular weight is 251 g/mol. The maximum atomic E-state index is 13.2. The quantitative estimate of drug-likeness (QED) is 0.706. The maximum Gasteiger partial charge on any atom is 0.162 e. The molecule has 0 spiro atoms. The van der Waals surface area contributed by atoms with Crippen molar-refractivity contribution in [1.82, 2.24) is 0 Å². The second-order valence-corrected chi connectivity index (χ2v) is 5.12. The van der Waals surface area contributed by atoms with Gasteiger partial charge in [0.15, 0.2) is 11.6 Å². The summed E-state index contributed by atoms with van der Waals surface area (Å²) in [5, 5.41) is 0.366. The third kappa shape index (κ3) is 3.99. The van der Waals surface area contributed by atoms with Crippen LogP contribution in [0.25, 0.3) is 0 Å². The summed E-state index contributed by atoms with van der Waals surface area (Å²) < 4.78 is 26.1. The maximum absolute atomic E-state index is 13.2. The lowest BCUT2D eigenvalue weighted by Crippen LogP contribution is -1.99. The summed E-state index contributed by atoms with van der Waals surface area (Å²) in [4.78, 5) is 0. The second kappa shape index (κ2) is 6.33. The molecule has 1 atom stereocenters. The van der Waals surface area contributed by atoms with Crippen molar-refractivity contribution in [2.45, 2.75) is 24.3 Å². The molecule has 1 aromatic carbocycles. The van der Waals surface area contributed by atoms with Crippen LogP contribution >= 0.6 is 23.4 Å². The van der Waals surface area contributed by atoms with Crippen LogP contribution < -0.4 is 0 Å². The van der Waals surface area contributed by atoms with Crippen molar-refractivity contribution < 1.29 is 8.78 Å². The summed E-state index contributed by atoms with van der Waals surface area (Å²) >= 11 is 7.17. The SMILES string of the molecule is CC(CCCl)SCc1cccc(F)c1F. The normalized spacial score (nSPS) is 12.8. The van der Waals surface area contributed by atoms with E-state index in [1.165, 1.54) is 6.07 Å². The molecule has 0 saturated heterocycles. The van der Waals surface area contributed by atoms with Crippen LogP contribution in [0.15, 0.2) is 18.2 Å². The highest BCUT2D eigenvalue weighted by Crippen LogP contribution is 2.22. The van der Waals surface area contributed by atoms with Gasteiger partial charge >= 0.3 is 0 Å². The van der Waals surface area contributed by atoms with E-state index in [0.29, 0.717) is 22.4 Å². The van der Waals surface area contributed by atoms with Gasteiger partial charge in [-0.2, -0.15) is 11.8 Å². The molecule has 1 unspecified atom stereocenters. The van der Waals surface area contributed by atoms with Crippen LogP contribution in [-0.4, -0.2) is 11.1 Å². The summed E-state index contributed by atoms with van der Waals surface area (Å²) in [7, 11) is 0. The number of halogens is 3. The Hall–Kier alpha value is -0.280. The summed E-state index contributed by atoms with van der Waals surface area (Å²) in [5.41, 5.74) is 0.418. The van der Waals surface area contributed by atoms with E-state index in [1.807, 2.05) is 6.92 Å². The van der Waals surface area contributed by atoms with E-state index in [0.717, 1.165) is 12.5 Å². The van der Waals surface area contributed by atoms with Crippen LogP contribution in [0.5, 0.6) is 0 Å². The van der Waals surface area contributed by atoms with Crippen molar-refractivity contribution in [2.24, 2.45) is 0 Å². The first-order valence-electron chi connectivity index (χ1n) is 4.75. The third-order valence-corrected chi connectivity index (χ3v) is 3.57. The molecule has 0 aliphatic rings. The summed E-state index contributed by atoms with van der Waals surface area (Å²) in [6.07, 6.45) is 0.878. The molecule has 0 fully saturated rings. The number of hydrogen-bond donors (Lipinski definition) is 0. The fraction of sp³-hybridized carbons (Fsp3) is 0.455. The molecular formula is C11H13ClF2S. The van der Waals surface area contributed by atoms with E-state index in [4.69, 9.17) is 11.6 Å². The Morgan fingerprint density at radius 3 is 2.80 bits per heavy atom. The minimum atomic E-state index is -0.780. The van der Waals surface area contributed by atoms with Gasteiger partial charge in [-0.05, 0) is 12.5 Å². The predicted octanol–water partition coefficient (Wildman–Crippen LogP) is 4.22. The van der Waals surface area contributed by atoms with Crippen molar-refractivity contribution >= 4 is 23.4 Å². The largest absolute Gasteiger partial charge is 0.204 e. The van der Waals surface area contributed by atoms with Gasteiger partial charge in [-0.1, -0.05) is 19.1 Å². The fourth-order valence-corrected chi connectivity index (χ4v) is 2.56. The topological polar surface area (TPSA) is 0 Å². The van der Waals surface area contributed by atoms with E-state index >= 15 is 0 Å². The van der Waals surface area contributed by atoms with Crippen molar-refractivity contribution in [3.8, 4) is 0 Å². The van der Waals surface area contributed by atoms with Crippen molar-refractivity contribution in [3.05, 3.63) is 35.4 Å². The summed E-state index contributed by atoms with van der Waals surface area (Å²) in [6, 6.07) is 4.27. The van der Waals surface area contributed by atoms with E-state index in [2.05, 4.69) is 0 Å². The first-order chi connectivity index (χ1) is 7.15. The smallest absolute Gasteiger partial charge is 0.162 e. The van der Waals surface area contributed by atoms with Gasteiger partial charge in [-0.15, -0.1) is 11.6 Å². The van der Waals surface area contributed by atoms with Crippen LogP contribution in [0.3, 0.4) is 0 Å². The summed E-state index contributed by atoms with van der Waals surface area (Å²) in [5.74, 6) is -0.428. The Morgan fingerprint density at radius 1 is 1.40 bits per heavy atom. The van der Waals surface area contributed by atoms with Gasteiger partial charge in [-0.3, -0.25) is 0 Å². The zero-order chi connectivity index (χ0) is 11.3. The highest BCUT2D eigenvalue weighted by Gasteiger charge is 2.09. The highest BCUT2D eigenvalue weighted by atomic mass is 35.5. The molecule has 0 aromatic heterocycles. The van der Waals surface area contributed by atoms with Gasteiger partial charge in [0.1, 0.15) is 0 Å². The second-order valence-electron chi connectivity index (χ2n) is 3.31. The van der Waals surface area contributed by atoms with Gasteiger partial charge in [0.2, 0.25) is 0 Å². The fourth-order valence-electron chi connectivity index (χ4n) is 1.13. The van der Waals surface area contributed by atoms with Crippen molar-refractivity contribution in [2.75, 3.05) is 5.88 Å². The predicted molar refractivity (Wildman–Crippen MR) is 62.5 cm³/mol.